The zero-order valence-corrected chi connectivity index (χ0v) is 13.2. The maximum atomic E-state index is 5.46. The van der Waals surface area contributed by atoms with E-state index in [0.29, 0.717) is 0 Å². The predicted octanol–water partition coefficient (Wildman–Crippen LogP) is 3.17. The van der Waals surface area contributed by atoms with Crippen molar-refractivity contribution in [3.05, 3.63) is 34.3 Å². The van der Waals surface area contributed by atoms with Crippen molar-refractivity contribution < 1.29 is 4.74 Å². The number of aromatic nitrogens is 2. The van der Waals surface area contributed by atoms with Gasteiger partial charge in [0, 0.05) is 12.0 Å². The molecule has 0 spiro atoms. The van der Waals surface area contributed by atoms with Gasteiger partial charge in [-0.25, -0.2) is 0 Å². The van der Waals surface area contributed by atoms with Gasteiger partial charge < -0.3 is 10.1 Å². The van der Waals surface area contributed by atoms with E-state index in [1.165, 1.54) is 17.5 Å². The standard InChI is InChI=1S/C16H21N3OS/c1-2-7-17-8-3-4-15-18-19-16(21-15)12-5-6-13-10-20-11-14(13)9-12/h5-6,9,17H,2-4,7-8,10-11H2,1H3. The highest BCUT2D eigenvalue weighted by molar-refractivity contribution is 7.14. The summed E-state index contributed by atoms with van der Waals surface area (Å²) < 4.78 is 5.46. The van der Waals surface area contributed by atoms with E-state index >= 15 is 0 Å². The quantitative estimate of drug-likeness (QED) is 0.798. The van der Waals surface area contributed by atoms with Crippen LogP contribution < -0.4 is 5.32 Å². The number of hydrogen-bond acceptors (Lipinski definition) is 5. The molecule has 2 heterocycles. The molecule has 0 radical (unpaired) electrons. The van der Waals surface area contributed by atoms with Crippen molar-refractivity contribution in [2.75, 3.05) is 13.1 Å². The number of fused-ring (bicyclic) bond motifs is 1. The molecular formula is C16H21N3OS. The minimum atomic E-state index is 0.720. The molecule has 0 amide bonds. The first-order valence-electron chi connectivity index (χ1n) is 7.60. The molecule has 4 nitrogen and oxygen atoms in total. The lowest BCUT2D eigenvalue weighted by Gasteiger charge is -2.00. The molecule has 0 unspecified atom stereocenters. The Morgan fingerprint density at radius 3 is 3.00 bits per heavy atom. The molecule has 0 bridgehead atoms. The molecule has 1 aliphatic rings. The van der Waals surface area contributed by atoms with E-state index in [1.54, 1.807) is 11.3 Å². The summed E-state index contributed by atoms with van der Waals surface area (Å²) in [5.41, 5.74) is 3.74. The zero-order chi connectivity index (χ0) is 14.5. The van der Waals surface area contributed by atoms with Crippen LogP contribution in [0.3, 0.4) is 0 Å². The Bertz CT molecular complexity index is 597. The summed E-state index contributed by atoms with van der Waals surface area (Å²) in [7, 11) is 0. The van der Waals surface area contributed by atoms with Crippen LogP contribution in [0.2, 0.25) is 0 Å². The van der Waals surface area contributed by atoms with Crippen LogP contribution in [0.4, 0.5) is 0 Å². The molecule has 1 N–H and O–H groups in total. The van der Waals surface area contributed by atoms with Crippen LogP contribution in [-0.2, 0) is 24.4 Å². The van der Waals surface area contributed by atoms with E-state index in [4.69, 9.17) is 4.74 Å². The fourth-order valence-corrected chi connectivity index (χ4v) is 3.32. The molecule has 1 aromatic carbocycles. The molecule has 1 aliphatic heterocycles. The van der Waals surface area contributed by atoms with Crippen LogP contribution in [0.15, 0.2) is 18.2 Å². The van der Waals surface area contributed by atoms with E-state index in [1.807, 2.05) is 0 Å². The lowest BCUT2D eigenvalue weighted by Crippen LogP contribution is -2.16. The van der Waals surface area contributed by atoms with E-state index in [0.717, 1.165) is 54.7 Å². The Morgan fingerprint density at radius 2 is 2.10 bits per heavy atom. The second-order valence-corrected chi connectivity index (χ2v) is 6.39. The van der Waals surface area contributed by atoms with Gasteiger partial charge in [0.05, 0.1) is 13.2 Å². The summed E-state index contributed by atoms with van der Waals surface area (Å²) >= 11 is 1.70. The van der Waals surface area contributed by atoms with Gasteiger partial charge in [-0.15, -0.1) is 10.2 Å². The molecule has 2 aromatic rings. The number of ether oxygens (including phenoxy) is 1. The highest BCUT2D eigenvalue weighted by atomic mass is 32.1. The number of nitrogens with zero attached hydrogens (tertiary/aromatic N) is 2. The Hall–Kier alpha value is -1.30. The highest BCUT2D eigenvalue weighted by Gasteiger charge is 2.13. The van der Waals surface area contributed by atoms with Crippen molar-refractivity contribution in [3.8, 4) is 10.6 Å². The van der Waals surface area contributed by atoms with Crippen LogP contribution in [0.25, 0.3) is 10.6 Å². The third-order valence-electron chi connectivity index (χ3n) is 3.61. The van der Waals surface area contributed by atoms with Gasteiger partial charge in [0.1, 0.15) is 10.0 Å². The first kappa shape index (κ1) is 14.6. The van der Waals surface area contributed by atoms with E-state index < -0.39 is 0 Å². The highest BCUT2D eigenvalue weighted by Crippen LogP contribution is 2.29. The third-order valence-corrected chi connectivity index (χ3v) is 4.64. The molecule has 3 rings (SSSR count). The van der Waals surface area contributed by atoms with Gasteiger partial charge in [-0.2, -0.15) is 0 Å². The number of rotatable bonds is 7. The molecule has 21 heavy (non-hydrogen) atoms. The lowest BCUT2D eigenvalue weighted by molar-refractivity contribution is 0.134. The van der Waals surface area contributed by atoms with Crippen molar-refractivity contribution in [3.63, 3.8) is 0 Å². The first-order chi connectivity index (χ1) is 10.4. The Kier molecular flexibility index (Phi) is 4.95. The smallest absolute Gasteiger partial charge is 0.147 e. The van der Waals surface area contributed by atoms with Crippen molar-refractivity contribution in [1.82, 2.24) is 15.5 Å². The van der Waals surface area contributed by atoms with Gasteiger partial charge in [0.25, 0.3) is 0 Å². The second-order valence-electron chi connectivity index (χ2n) is 5.33. The van der Waals surface area contributed by atoms with Crippen LogP contribution >= 0.6 is 11.3 Å². The summed E-state index contributed by atoms with van der Waals surface area (Å²) in [4.78, 5) is 0. The van der Waals surface area contributed by atoms with Crippen molar-refractivity contribution in [1.29, 1.82) is 0 Å². The fourth-order valence-electron chi connectivity index (χ4n) is 2.44. The number of nitrogens with one attached hydrogen (secondary N) is 1. The largest absolute Gasteiger partial charge is 0.372 e. The Balaban J connectivity index is 1.59. The molecule has 0 saturated heterocycles. The Morgan fingerprint density at radius 1 is 1.19 bits per heavy atom. The topological polar surface area (TPSA) is 47.0 Å². The molecule has 0 saturated carbocycles. The molecule has 0 fully saturated rings. The molecule has 0 atom stereocenters. The summed E-state index contributed by atoms with van der Waals surface area (Å²) in [6, 6.07) is 6.46. The van der Waals surface area contributed by atoms with Crippen LogP contribution in [0.5, 0.6) is 0 Å². The summed E-state index contributed by atoms with van der Waals surface area (Å²) in [6.07, 6.45) is 3.31. The summed E-state index contributed by atoms with van der Waals surface area (Å²) in [6.45, 7) is 5.79. The van der Waals surface area contributed by atoms with Gasteiger partial charge in [-0.05, 0) is 43.1 Å². The van der Waals surface area contributed by atoms with Crippen LogP contribution in [0, 0.1) is 0 Å². The number of hydrogen-bond donors (Lipinski definition) is 1. The normalized spacial score (nSPS) is 13.6. The van der Waals surface area contributed by atoms with Gasteiger partial charge in [-0.1, -0.05) is 30.4 Å². The first-order valence-corrected chi connectivity index (χ1v) is 8.41. The SMILES string of the molecule is CCCNCCCc1nnc(-c2ccc3c(c2)COC3)s1. The predicted molar refractivity (Wildman–Crippen MR) is 85.3 cm³/mol. The zero-order valence-electron chi connectivity index (χ0n) is 12.4. The van der Waals surface area contributed by atoms with E-state index in [2.05, 4.69) is 40.6 Å². The summed E-state index contributed by atoms with van der Waals surface area (Å²) in [5, 5.41) is 14.2. The molecule has 0 aliphatic carbocycles. The molecule has 1 aromatic heterocycles. The average Bonchev–Trinajstić information content (AvgIpc) is 3.15. The fraction of sp³-hybridized carbons (Fsp3) is 0.500. The van der Waals surface area contributed by atoms with Gasteiger partial charge >= 0.3 is 0 Å². The minimum Gasteiger partial charge on any atom is -0.372 e. The number of benzene rings is 1. The van der Waals surface area contributed by atoms with Crippen molar-refractivity contribution in [2.45, 2.75) is 39.4 Å². The maximum Gasteiger partial charge on any atom is 0.147 e. The number of aryl methyl sites for hydroxylation is 1. The molecule has 5 heteroatoms. The monoisotopic (exact) mass is 303 g/mol. The summed E-state index contributed by atoms with van der Waals surface area (Å²) in [5.74, 6) is 0. The van der Waals surface area contributed by atoms with Crippen molar-refractivity contribution >= 4 is 11.3 Å². The Labute approximate surface area is 129 Å². The second kappa shape index (κ2) is 7.11. The van der Waals surface area contributed by atoms with E-state index in [9.17, 15) is 0 Å². The van der Waals surface area contributed by atoms with Crippen LogP contribution in [-0.4, -0.2) is 23.3 Å². The van der Waals surface area contributed by atoms with Gasteiger partial charge in [0.15, 0.2) is 0 Å². The maximum absolute atomic E-state index is 5.46. The average molecular weight is 303 g/mol. The van der Waals surface area contributed by atoms with E-state index in [-0.39, 0.29) is 0 Å². The molecule has 112 valence electrons. The van der Waals surface area contributed by atoms with Crippen molar-refractivity contribution in [2.24, 2.45) is 0 Å². The third kappa shape index (κ3) is 3.67. The van der Waals surface area contributed by atoms with Gasteiger partial charge in [0.2, 0.25) is 0 Å². The van der Waals surface area contributed by atoms with Gasteiger partial charge in [-0.3, -0.25) is 0 Å². The molecular weight excluding hydrogens is 282 g/mol. The minimum absolute atomic E-state index is 0.720. The van der Waals surface area contributed by atoms with Crippen LogP contribution in [0.1, 0.15) is 35.9 Å². The lowest BCUT2D eigenvalue weighted by atomic mass is 10.1.